The predicted molar refractivity (Wildman–Crippen MR) is 80.6 cm³/mol. The molecule has 2 nitrogen and oxygen atoms in total. The van der Waals surface area contributed by atoms with Crippen molar-refractivity contribution in [3.05, 3.63) is 70.2 Å². The van der Waals surface area contributed by atoms with Crippen molar-refractivity contribution in [1.29, 1.82) is 5.26 Å². The topological polar surface area (TPSA) is 33.0 Å². The highest BCUT2D eigenvalue weighted by atomic mass is 35.5. The minimum absolute atomic E-state index is 0.485. The Balaban J connectivity index is 1.72. The molecule has 0 fully saturated rings. The summed E-state index contributed by atoms with van der Waals surface area (Å²) in [6.45, 7) is 1.19. The van der Waals surface area contributed by atoms with Crippen LogP contribution in [0, 0.1) is 11.3 Å². The molecule has 2 aromatic carbocycles. The molecule has 0 N–H and O–H groups in total. The van der Waals surface area contributed by atoms with Gasteiger partial charge in [-0.15, -0.1) is 0 Å². The van der Waals surface area contributed by atoms with E-state index in [1.54, 1.807) is 12.1 Å². The Bertz CT molecular complexity index is 590. The molecule has 0 aliphatic rings. The Hall–Kier alpha value is -1.82. The van der Waals surface area contributed by atoms with E-state index in [0.29, 0.717) is 23.8 Å². The van der Waals surface area contributed by atoms with Gasteiger partial charge < -0.3 is 4.74 Å². The van der Waals surface area contributed by atoms with E-state index in [0.717, 1.165) is 18.4 Å². The van der Waals surface area contributed by atoms with E-state index < -0.39 is 0 Å². The molecule has 102 valence electrons. The van der Waals surface area contributed by atoms with Crippen LogP contribution in [0.3, 0.4) is 0 Å². The van der Waals surface area contributed by atoms with Crippen LogP contribution in [0.1, 0.15) is 23.1 Å². The number of ether oxygens (including phenoxy) is 1. The van der Waals surface area contributed by atoms with Crippen molar-refractivity contribution in [1.82, 2.24) is 0 Å². The summed E-state index contributed by atoms with van der Waals surface area (Å²) in [6, 6.07) is 17.7. The van der Waals surface area contributed by atoms with Crippen molar-refractivity contribution in [2.45, 2.75) is 19.4 Å². The van der Waals surface area contributed by atoms with Crippen LogP contribution in [0.2, 0.25) is 5.02 Å². The van der Waals surface area contributed by atoms with Crippen LogP contribution in [-0.2, 0) is 17.8 Å². The minimum Gasteiger partial charge on any atom is -0.377 e. The van der Waals surface area contributed by atoms with Gasteiger partial charge in [0.1, 0.15) is 0 Å². The van der Waals surface area contributed by atoms with E-state index in [1.807, 2.05) is 24.3 Å². The van der Waals surface area contributed by atoms with E-state index in [4.69, 9.17) is 21.6 Å². The van der Waals surface area contributed by atoms with Gasteiger partial charge >= 0.3 is 0 Å². The highest BCUT2D eigenvalue weighted by molar-refractivity contribution is 6.31. The molecule has 2 aromatic rings. The van der Waals surface area contributed by atoms with Gasteiger partial charge in [-0.05, 0) is 36.1 Å². The fourth-order valence-corrected chi connectivity index (χ4v) is 2.17. The fourth-order valence-electron chi connectivity index (χ4n) is 1.94. The summed E-state index contributed by atoms with van der Waals surface area (Å²) < 4.78 is 5.63. The Morgan fingerprint density at radius 2 is 1.90 bits per heavy atom. The second-order valence-electron chi connectivity index (χ2n) is 4.56. The zero-order chi connectivity index (χ0) is 14.2. The van der Waals surface area contributed by atoms with Crippen molar-refractivity contribution >= 4 is 11.6 Å². The highest BCUT2D eigenvalue weighted by Crippen LogP contribution is 2.18. The summed E-state index contributed by atoms with van der Waals surface area (Å²) in [7, 11) is 0. The molecular formula is C17H16ClNO. The van der Waals surface area contributed by atoms with E-state index >= 15 is 0 Å². The molecule has 0 aliphatic carbocycles. The van der Waals surface area contributed by atoms with Gasteiger partial charge in [0.05, 0.1) is 18.2 Å². The van der Waals surface area contributed by atoms with Crippen molar-refractivity contribution in [2.24, 2.45) is 0 Å². The molecule has 0 aromatic heterocycles. The van der Waals surface area contributed by atoms with Gasteiger partial charge in [-0.25, -0.2) is 0 Å². The van der Waals surface area contributed by atoms with Crippen LogP contribution in [0.25, 0.3) is 0 Å². The highest BCUT2D eigenvalue weighted by Gasteiger charge is 2.02. The van der Waals surface area contributed by atoms with Crippen LogP contribution >= 0.6 is 11.6 Å². The number of benzene rings is 2. The number of halogens is 1. The summed E-state index contributed by atoms with van der Waals surface area (Å²) in [5, 5.41) is 9.36. The standard InChI is InChI=1S/C17H16ClNO/c18-17-11-15(12-19)8-9-16(17)13-20-10-4-7-14-5-2-1-3-6-14/h1-3,5-6,8-9,11H,4,7,10,13H2. The second kappa shape index (κ2) is 7.69. The van der Waals surface area contributed by atoms with Crippen LogP contribution in [0.4, 0.5) is 0 Å². The zero-order valence-corrected chi connectivity index (χ0v) is 11.9. The Labute approximate surface area is 124 Å². The molecule has 0 radical (unpaired) electrons. The summed E-state index contributed by atoms with van der Waals surface area (Å²) in [4.78, 5) is 0. The lowest BCUT2D eigenvalue weighted by Crippen LogP contribution is -1.98. The molecule has 0 saturated heterocycles. The van der Waals surface area contributed by atoms with E-state index in [2.05, 4.69) is 18.2 Å². The molecule has 0 bridgehead atoms. The Morgan fingerprint density at radius 3 is 2.60 bits per heavy atom. The lowest BCUT2D eigenvalue weighted by atomic mass is 10.1. The molecule has 0 aliphatic heterocycles. The molecule has 0 atom stereocenters. The average molecular weight is 286 g/mol. The minimum atomic E-state index is 0.485. The largest absolute Gasteiger partial charge is 0.377 e. The fraction of sp³-hybridized carbons (Fsp3) is 0.235. The van der Waals surface area contributed by atoms with Gasteiger partial charge in [0, 0.05) is 11.6 Å². The maximum absolute atomic E-state index is 8.77. The van der Waals surface area contributed by atoms with Crippen LogP contribution in [0.5, 0.6) is 0 Å². The molecule has 0 heterocycles. The van der Waals surface area contributed by atoms with Crippen molar-refractivity contribution in [3.8, 4) is 6.07 Å². The van der Waals surface area contributed by atoms with Gasteiger partial charge in [0.25, 0.3) is 0 Å². The van der Waals surface area contributed by atoms with E-state index in [-0.39, 0.29) is 0 Å². The number of hydrogen-bond donors (Lipinski definition) is 0. The maximum Gasteiger partial charge on any atom is 0.0992 e. The number of nitriles is 1. The van der Waals surface area contributed by atoms with Gasteiger partial charge in [0.15, 0.2) is 0 Å². The van der Waals surface area contributed by atoms with Crippen LogP contribution < -0.4 is 0 Å². The van der Waals surface area contributed by atoms with Gasteiger partial charge in [0.2, 0.25) is 0 Å². The first kappa shape index (κ1) is 14.6. The molecule has 0 unspecified atom stereocenters. The summed E-state index contributed by atoms with van der Waals surface area (Å²) in [6.07, 6.45) is 2.00. The van der Waals surface area contributed by atoms with Gasteiger partial charge in [-0.1, -0.05) is 48.0 Å². The summed E-state index contributed by atoms with van der Waals surface area (Å²) >= 11 is 6.09. The first-order valence-corrected chi connectivity index (χ1v) is 6.97. The third-order valence-corrected chi connectivity index (χ3v) is 3.39. The number of nitrogens with zero attached hydrogens (tertiary/aromatic N) is 1. The molecule has 0 amide bonds. The normalized spacial score (nSPS) is 10.2. The SMILES string of the molecule is N#Cc1ccc(COCCCc2ccccc2)c(Cl)c1. The maximum atomic E-state index is 8.77. The molecule has 0 saturated carbocycles. The molecular weight excluding hydrogens is 270 g/mol. The summed E-state index contributed by atoms with van der Waals surface area (Å²) in [5.74, 6) is 0. The number of hydrogen-bond acceptors (Lipinski definition) is 2. The van der Waals surface area contributed by atoms with Crippen LogP contribution in [0.15, 0.2) is 48.5 Å². The molecule has 2 rings (SSSR count). The van der Waals surface area contributed by atoms with Crippen LogP contribution in [-0.4, -0.2) is 6.61 Å². The second-order valence-corrected chi connectivity index (χ2v) is 4.97. The number of aryl methyl sites for hydroxylation is 1. The van der Waals surface area contributed by atoms with Gasteiger partial charge in [-0.3, -0.25) is 0 Å². The molecule has 0 spiro atoms. The first-order chi connectivity index (χ1) is 9.79. The Kier molecular flexibility index (Phi) is 5.61. The third kappa shape index (κ3) is 4.38. The van der Waals surface area contributed by atoms with E-state index in [1.165, 1.54) is 5.56 Å². The monoisotopic (exact) mass is 285 g/mol. The van der Waals surface area contributed by atoms with E-state index in [9.17, 15) is 0 Å². The average Bonchev–Trinajstić information content (AvgIpc) is 2.49. The lowest BCUT2D eigenvalue weighted by Gasteiger charge is -2.06. The van der Waals surface area contributed by atoms with Gasteiger partial charge in [-0.2, -0.15) is 5.26 Å². The molecule has 20 heavy (non-hydrogen) atoms. The predicted octanol–water partition coefficient (Wildman–Crippen LogP) is 4.36. The molecule has 3 heteroatoms. The first-order valence-electron chi connectivity index (χ1n) is 6.60. The third-order valence-electron chi connectivity index (χ3n) is 3.04. The Morgan fingerprint density at radius 1 is 1.10 bits per heavy atom. The lowest BCUT2D eigenvalue weighted by molar-refractivity contribution is 0.119. The smallest absolute Gasteiger partial charge is 0.0992 e. The van der Waals surface area contributed by atoms with Crippen molar-refractivity contribution < 1.29 is 4.74 Å². The summed E-state index contributed by atoms with van der Waals surface area (Å²) in [5.41, 5.74) is 2.82. The zero-order valence-electron chi connectivity index (χ0n) is 11.2. The number of rotatable bonds is 6. The van der Waals surface area contributed by atoms with Crippen molar-refractivity contribution in [2.75, 3.05) is 6.61 Å². The quantitative estimate of drug-likeness (QED) is 0.739. The van der Waals surface area contributed by atoms with Crippen molar-refractivity contribution in [3.63, 3.8) is 0 Å².